The van der Waals surface area contributed by atoms with Crippen LogP contribution >= 0.6 is 15.9 Å². The van der Waals surface area contributed by atoms with Crippen molar-refractivity contribution >= 4 is 27.8 Å². The Morgan fingerprint density at radius 1 is 1.11 bits per heavy atom. The zero-order chi connectivity index (χ0) is 20.0. The van der Waals surface area contributed by atoms with Crippen molar-refractivity contribution in [2.45, 2.75) is 6.04 Å². The number of halogens is 3. The topological polar surface area (TPSA) is 55.8 Å². The minimum atomic E-state index is -1.12. The molecule has 0 aromatic heterocycles. The van der Waals surface area contributed by atoms with E-state index in [2.05, 4.69) is 15.9 Å². The highest BCUT2D eigenvalue weighted by molar-refractivity contribution is 9.10. The molecule has 0 saturated heterocycles. The van der Waals surface area contributed by atoms with Crippen molar-refractivity contribution in [3.63, 3.8) is 0 Å². The van der Waals surface area contributed by atoms with E-state index in [1.807, 2.05) is 0 Å². The Kier molecular flexibility index (Phi) is 7.44. The van der Waals surface area contributed by atoms with Gasteiger partial charge in [0, 0.05) is 24.2 Å². The third kappa shape index (κ3) is 5.11. The summed E-state index contributed by atoms with van der Waals surface area (Å²) in [5.41, 5.74) is 0.135. The Morgan fingerprint density at radius 3 is 2.33 bits per heavy atom. The summed E-state index contributed by atoms with van der Waals surface area (Å²) in [6.07, 6.45) is 0. The summed E-state index contributed by atoms with van der Waals surface area (Å²) in [7, 11) is 2.64. The molecule has 1 atom stereocenters. The number of amides is 1. The second-order valence-corrected chi connectivity index (χ2v) is 6.51. The molecule has 5 nitrogen and oxygen atoms in total. The highest BCUT2D eigenvalue weighted by atomic mass is 79.9. The molecule has 0 aliphatic carbocycles. The first-order chi connectivity index (χ1) is 12.9. The lowest BCUT2D eigenvalue weighted by Gasteiger charge is -2.30. The van der Waals surface area contributed by atoms with E-state index in [1.54, 1.807) is 24.3 Å². The van der Waals surface area contributed by atoms with Gasteiger partial charge in [0.05, 0.1) is 19.3 Å². The average molecular weight is 442 g/mol. The highest BCUT2D eigenvalue weighted by Crippen LogP contribution is 2.26. The summed E-state index contributed by atoms with van der Waals surface area (Å²) in [4.78, 5) is 26.6. The van der Waals surface area contributed by atoms with Gasteiger partial charge >= 0.3 is 5.97 Å². The van der Waals surface area contributed by atoms with E-state index >= 15 is 0 Å². The number of nitrogens with zero attached hydrogens (tertiary/aromatic N) is 1. The van der Waals surface area contributed by atoms with Crippen molar-refractivity contribution in [1.29, 1.82) is 0 Å². The molecule has 0 aliphatic heterocycles. The quantitative estimate of drug-likeness (QED) is 0.614. The molecule has 2 aromatic rings. The van der Waals surface area contributed by atoms with Gasteiger partial charge in [0.25, 0.3) is 5.91 Å². The fraction of sp³-hybridized carbons (Fsp3) is 0.263. The van der Waals surface area contributed by atoms with Gasteiger partial charge < -0.3 is 14.4 Å². The molecule has 144 valence electrons. The minimum absolute atomic E-state index is 0.00196. The number of carbonyl (C=O) groups is 2. The third-order valence-corrected chi connectivity index (χ3v) is 4.41. The second kappa shape index (κ2) is 9.57. The molecule has 27 heavy (non-hydrogen) atoms. The molecule has 1 amide bonds. The van der Waals surface area contributed by atoms with Crippen LogP contribution in [-0.4, -0.2) is 44.1 Å². The number of rotatable bonds is 7. The van der Waals surface area contributed by atoms with Gasteiger partial charge in [-0.25, -0.2) is 13.6 Å². The summed E-state index contributed by atoms with van der Waals surface area (Å²) in [6, 6.07) is 8.26. The van der Waals surface area contributed by atoms with E-state index in [4.69, 9.17) is 9.47 Å². The standard InChI is InChI=1S/C19H18BrF2NO4/c1-26-10-9-23(18(24)15-8-7-14(21)11-16(15)22)17(19(25)27-2)12-3-5-13(20)6-4-12/h3-8,11,17H,9-10H2,1-2H3. The van der Waals surface area contributed by atoms with Crippen LogP contribution < -0.4 is 0 Å². The van der Waals surface area contributed by atoms with Crippen molar-refractivity contribution in [3.05, 3.63) is 69.7 Å². The normalized spacial score (nSPS) is 11.7. The molecule has 8 heteroatoms. The lowest BCUT2D eigenvalue weighted by molar-refractivity contribution is -0.146. The largest absolute Gasteiger partial charge is 0.467 e. The van der Waals surface area contributed by atoms with E-state index in [1.165, 1.54) is 14.2 Å². The van der Waals surface area contributed by atoms with E-state index in [9.17, 15) is 18.4 Å². The number of hydrogen-bond donors (Lipinski definition) is 0. The van der Waals surface area contributed by atoms with Crippen LogP contribution in [0.1, 0.15) is 22.0 Å². The third-order valence-electron chi connectivity index (χ3n) is 3.88. The van der Waals surface area contributed by atoms with E-state index < -0.39 is 29.6 Å². The second-order valence-electron chi connectivity index (χ2n) is 5.59. The lowest BCUT2D eigenvalue weighted by atomic mass is 10.0. The number of carbonyl (C=O) groups excluding carboxylic acids is 2. The highest BCUT2D eigenvalue weighted by Gasteiger charge is 2.33. The van der Waals surface area contributed by atoms with E-state index in [-0.39, 0.29) is 18.7 Å². The smallest absolute Gasteiger partial charge is 0.333 e. The molecule has 0 bridgehead atoms. The van der Waals surface area contributed by atoms with Crippen LogP contribution in [0.4, 0.5) is 8.78 Å². The van der Waals surface area contributed by atoms with Crippen molar-refractivity contribution in [2.24, 2.45) is 0 Å². The molecule has 0 aliphatic rings. The molecular weight excluding hydrogens is 424 g/mol. The lowest BCUT2D eigenvalue weighted by Crippen LogP contribution is -2.41. The maximum atomic E-state index is 14.1. The number of benzene rings is 2. The monoisotopic (exact) mass is 441 g/mol. The fourth-order valence-corrected chi connectivity index (χ4v) is 2.82. The van der Waals surface area contributed by atoms with Crippen LogP contribution in [0.5, 0.6) is 0 Å². The van der Waals surface area contributed by atoms with Crippen molar-refractivity contribution in [1.82, 2.24) is 4.90 Å². The Bertz CT molecular complexity index is 814. The molecule has 0 fully saturated rings. The van der Waals surface area contributed by atoms with Gasteiger partial charge in [0.15, 0.2) is 6.04 Å². The minimum Gasteiger partial charge on any atom is -0.467 e. The van der Waals surface area contributed by atoms with Gasteiger partial charge in [-0.3, -0.25) is 4.79 Å². The van der Waals surface area contributed by atoms with Crippen molar-refractivity contribution < 1.29 is 27.8 Å². The van der Waals surface area contributed by atoms with Crippen LogP contribution in [0.25, 0.3) is 0 Å². The average Bonchev–Trinajstić information content (AvgIpc) is 2.65. The van der Waals surface area contributed by atoms with Crippen LogP contribution in [0.2, 0.25) is 0 Å². The van der Waals surface area contributed by atoms with Crippen LogP contribution in [0.3, 0.4) is 0 Å². The Morgan fingerprint density at radius 2 is 1.78 bits per heavy atom. The zero-order valence-corrected chi connectivity index (χ0v) is 16.3. The number of ether oxygens (including phenoxy) is 2. The summed E-state index contributed by atoms with van der Waals surface area (Å²) in [6.45, 7) is 0.112. The van der Waals surface area contributed by atoms with Crippen LogP contribution in [0, 0.1) is 11.6 Å². The first-order valence-corrected chi connectivity index (χ1v) is 8.76. The molecule has 2 rings (SSSR count). The Labute approximate surface area is 164 Å². The summed E-state index contributed by atoms with van der Waals surface area (Å²) < 4.78 is 38.0. The predicted octanol–water partition coefficient (Wildman–Crippen LogP) is 3.73. The molecule has 1 unspecified atom stereocenters. The van der Waals surface area contributed by atoms with Gasteiger partial charge in [0.2, 0.25) is 0 Å². The molecule has 0 saturated carbocycles. The van der Waals surface area contributed by atoms with Gasteiger partial charge in [-0.1, -0.05) is 28.1 Å². The molecule has 0 heterocycles. The summed E-state index contributed by atoms with van der Waals surface area (Å²) >= 11 is 3.31. The molecule has 0 N–H and O–H groups in total. The molecule has 0 spiro atoms. The fourth-order valence-electron chi connectivity index (χ4n) is 2.56. The van der Waals surface area contributed by atoms with Gasteiger partial charge in [-0.2, -0.15) is 0 Å². The van der Waals surface area contributed by atoms with E-state index in [0.29, 0.717) is 11.6 Å². The van der Waals surface area contributed by atoms with E-state index in [0.717, 1.165) is 21.5 Å². The van der Waals surface area contributed by atoms with Gasteiger partial charge in [0.1, 0.15) is 11.6 Å². The SMILES string of the molecule is COCCN(C(=O)c1ccc(F)cc1F)C(C(=O)OC)c1ccc(Br)cc1. The molecule has 2 aromatic carbocycles. The van der Waals surface area contributed by atoms with Crippen molar-refractivity contribution in [2.75, 3.05) is 27.4 Å². The Hall–Kier alpha value is -2.32. The summed E-state index contributed by atoms with van der Waals surface area (Å²) in [5.74, 6) is -3.28. The molecule has 0 radical (unpaired) electrons. The van der Waals surface area contributed by atoms with Crippen molar-refractivity contribution in [3.8, 4) is 0 Å². The zero-order valence-electron chi connectivity index (χ0n) is 14.7. The number of esters is 1. The number of methoxy groups -OCH3 is 2. The van der Waals surface area contributed by atoms with Crippen LogP contribution in [-0.2, 0) is 14.3 Å². The molecular formula is C19H18BrF2NO4. The first kappa shape index (κ1) is 21.0. The van der Waals surface area contributed by atoms with Crippen LogP contribution in [0.15, 0.2) is 46.9 Å². The number of hydrogen-bond acceptors (Lipinski definition) is 4. The van der Waals surface area contributed by atoms with Gasteiger partial charge in [-0.05, 0) is 29.8 Å². The Balaban J connectivity index is 2.50. The summed E-state index contributed by atoms with van der Waals surface area (Å²) in [5, 5.41) is 0. The maximum absolute atomic E-state index is 14.1. The maximum Gasteiger partial charge on any atom is 0.333 e. The first-order valence-electron chi connectivity index (χ1n) is 7.97. The van der Waals surface area contributed by atoms with Gasteiger partial charge in [-0.15, -0.1) is 0 Å². The predicted molar refractivity (Wildman–Crippen MR) is 98.2 cm³/mol.